The minimum Gasteiger partial charge on any atom is -0.490 e. The largest absolute Gasteiger partial charge is 0.490 e. The maximum Gasteiger partial charge on any atom is 0.318 e. The first-order chi connectivity index (χ1) is 10.3. The average molecular weight is 287 g/mol. The minimum atomic E-state index is -0.245. The number of fused-ring (bicyclic) bond motifs is 1. The lowest BCUT2D eigenvalue weighted by Gasteiger charge is -2.31. The van der Waals surface area contributed by atoms with Crippen LogP contribution in [0.3, 0.4) is 0 Å². The Balaban J connectivity index is 1.84. The highest BCUT2D eigenvalue weighted by atomic mass is 16.5. The van der Waals surface area contributed by atoms with E-state index in [1.807, 2.05) is 24.4 Å². The molecule has 0 radical (unpaired) electrons. The number of H-pyrrole nitrogens is 1. The number of urea groups is 1. The lowest BCUT2D eigenvalue weighted by atomic mass is 10.2. The number of hydrogen-bond donors (Lipinski definition) is 3. The van der Waals surface area contributed by atoms with Crippen molar-refractivity contribution in [2.24, 2.45) is 0 Å². The second-order valence-corrected chi connectivity index (χ2v) is 4.72. The summed E-state index contributed by atoms with van der Waals surface area (Å²) in [5.74, 6) is 0.819. The quantitative estimate of drug-likeness (QED) is 0.800. The number of nitrogens with one attached hydrogen (secondary N) is 3. The van der Waals surface area contributed by atoms with Crippen LogP contribution in [0.15, 0.2) is 30.7 Å². The Kier molecular flexibility index (Phi) is 3.63. The Morgan fingerprint density at radius 3 is 3.19 bits per heavy atom. The molecule has 2 amide bonds. The monoisotopic (exact) mass is 287 g/mol. The Bertz CT molecular complexity index is 626. The maximum atomic E-state index is 11.4. The van der Waals surface area contributed by atoms with Crippen molar-refractivity contribution in [1.82, 2.24) is 15.3 Å². The summed E-state index contributed by atoms with van der Waals surface area (Å²) in [5, 5.41) is 5.30. The highest BCUT2D eigenvalue weighted by Gasteiger charge is 2.19. The molecule has 2 aromatic rings. The van der Waals surface area contributed by atoms with Crippen molar-refractivity contribution in [3.63, 3.8) is 0 Å². The van der Waals surface area contributed by atoms with Crippen LogP contribution in [0.5, 0.6) is 5.75 Å². The Hall–Kier alpha value is -2.70. The van der Waals surface area contributed by atoms with Gasteiger partial charge in [0.15, 0.2) is 0 Å². The van der Waals surface area contributed by atoms with Crippen LogP contribution < -0.4 is 20.3 Å². The van der Waals surface area contributed by atoms with Crippen LogP contribution in [-0.4, -0.2) is 36.2 Å². The molecule has 1 aromatic carbocycles. The van der Waals surface area contributed by atoms with Gasteiger partial charge in [-0.3, -0.25) is 0 Å². The van der Waals surface area contributed by atoms with E-state index in [0.717, 1.165) is 29.4 Å². The molecule has 0 bridgehead atoms. The summed E-state index contributed by atoms with van der Waals surface area (Å²) in [6.45, 7) is 2.12. The molecule has 0 aliphatic carbocycles. The number of hydrogen-bond acceptors (Lipinski definition) is 4. The zero-order valence-corrected chi connectivity index (χ0v) is 11.7. The second-order valence-electron chi connectivity index (χ2n) is 4.72. The molecule has 21 heavy (non-hydrogen) atoms. The van der Waals surface area contributed by atoms with Gasteiger partial charge in [0, 0.05) is 18.9 Å². The van der Waals surface area contributed by atoms with Crippen molar-refractivity contribution in [3.8, 4) is 5.75 Å². The summed E-state index contributed by atoms with van der Waals surface area (Å²) in [4.78, 5) is 20.8. The third-order valence-corrected chi connectivity index (χ3v) is 3.31. The number of amides is 2. The van der Waals surface area contributed by atoms with E-state index in [1.165, 1.54) is 0 Å². The lowest BCUT2D eigenvalue weighted by Crippen LogP contribution is -2.32. The fourth-order valence-corrected chi connectivity index (χ4v) is 2.28. The SMILES string of the molecule is CNC(=O)Nc1ccc2c(c1)N(Cc1c[nH]cn1)CCO2. The molecular weight excluding hydrogens is 270 g/mol. The molecule has 0 atom stereocenters. The first-order valence-electron chi connectivity index (χ1n) is 6.74. The third-order valence-electron chi connectivity index (χ3n) is 3.31. The number of rotatable bonds is 3. The van der Waals surface area contributed by atoms with Gasteiger partial charge in [0.25, 0.3) is 0 Å². The molecule has 3 rings (SSSR count). The minimum absolute atomic E-state index is 0.245. The van der Waals surface area contributed by atoms with E-state index in [1.54, 1.807) is 13.4 Å². The lowest BCUT2D eigenvalue weighted by molar-refractivity contribution is 0.254. The van der Waals surface area contributed by atoms with Crippen LogP contribution in [0.2, 0.25) is 0 Å². The molecule has 3 N–H and O–H groups in total. The highest BCUT2D eigenvalue weighted by Crippen LogP contribution is 2.34. The van der Waals surface area contributed by atoms with Crippen molar-refractivity contribution in [2.45, 2.75) is 6.54 Å². The summed E-state index contributed by atoms with van der Waals surface area (Å²) in [6, 6.07) is 5.37. The normalized spacial score (nSPS) is 13.3. The van der Waals surface area contributed by atoms with Crippen LogP contribution in [0.4, 0.5) is 16.2 Å². The first kappa shape index (κ1) is 13.3. The van der Waals surface area contributed by atoms with Gasteiger partial charge in [-0.1, -0.05) is 0 Å². The molecule has 110 valence electrons. The smallest absolute Gasteiger partial charge is 0.318 e. The van der Waals surface area contributed by atoms with E-state index in [0.29, 0.717) is 13.2 Å². The van der Waals surface area contributed by atoms with E-state index in [2.05, 4.69) is 25.5 Å². The average Bonchev–Trinajstić information content (AvgIpc) is 3.01. The molecule has 2 heterocycles. The van der Waals surface area contributed by atoms with Crippen molar-refractivity contribution in [2.75, 3.05) is 30.4 Å². The number of aromatic amines is 1. The summed E-state index contributed by atoms with van der Waals surface area (Å²) in [5.41, 5.74) is 2.65. The molecule has 0 saturated heterocycles. The number of imidazole rings is 1. The molecule has 1 aliphatic rings. The van der Waals surface area contributed by atoms with Crippen LogP contribution in [-0.2, 0) is 6.54 Å². The number of benzene rings is 1. The van der Waals surface area contributed by atoms with Gasteiger partial charge in [0.2, 0.25) is 0 Å². The molecule has 1 aromatic heterocycles. The Morgan fingerprint density at radius 2 is 2.43 bits per heavy atom. The van der Waals surface area contributed by atoms with Gasteiger partial charge >= 0.3 is 6.03 Å². The van der Waals surface area contributed by atoms with Gasteiger partial charge in [-0.05, 0) is 18.2 Å². The van der Waals surface area contributed by atoms with Gasteiger partial charge in [0.1, 0.15) is 12.4 Å². The van der Waals surface area contributed by atoms with Gasteiger partial charge < -0.3 is 25.3 Å². The third kappa shape index (κ3) is 2.91. The second kappa shape index (κ2) is 5.74. The highest BCUT2D eigenvalue weighted by molar-refractivity contribution is 5.90. The zero-order valence-electron chi connectivity index (χ0n) is 11.7. The number of aromatic nitrogens is 2. The summed E-state index contributed by atoms with van der Waals surface area (Å²) < 4.78 is 5.66. The van der Waals surface area contributed by atoms with Crippen molar-refractivity contribution in [3.05, 3.63) is 36.4 Å². The maximum absolute atomic E-state index is 11.4. The van der Waals surface area contributed by atoms with Gasteiger partial charge in [-0.15, -0.1) is 0 Å². The van der Waals surface area contributed by atoms with Crippen molar-refractivity contribution in [1.29, 1.82) is 0 Å². The van der Waals surface area contributed by atoms with Gasteiger partial charge in [-0.2, -0.15) is 0 Å². The zero-order chi connectivity index (χ0) is 14.7. The van der Waals surface area contributed by atoms with E-state index in [9.17, 15) is 4.79 Å². The van der Waals surface area contributed by atoms with Crippen LogP contribution >= 0.6 is 0 Å². The van der Waals surface area contributed by atoms with Crippen LogP contribution in [0.25, 0.3) is 0 Å². The Morgan fingerprint density at radius 1 is 1.52 bits per heavy atom. The van der Waals surface area contributed by atoms with Crippen molar-refractivity contribution >= 4 is 17.4 Å². The molecule has 0 saturated carbocycles. The van der Waals surface area contributed by atoms with E-state index < -0.39 is 0 Å². The van der Waals surface area contributed by atoms with E-state index in [-0.39, 0.29) is 6.03 Å². The number of nitrogens with zero attached hydrogens (tertiary/aromatic N) is 2. The summed E-state index contributed by atoms with van der Waals surface area (Å²) >= 11 is 0. The van der Waals surface area contributed by atoms with Crippen LogP contribution in [0.1, 0.15) is 5.69 Å². The molecule has 7 nitrogen and oxygen atoms in total. The number of carbonyl (C=O) groups excluding carboxylic acids is 1. The van der Waals surface area contributed by atoms with E-state index >= 15 is 0 Å². The van der Waals surface area contributed by atoms with Crippen LogP contribution in [0, 0.1) is 0 Å². The Labute approximate surface area is 122 Å². The van der Waals surface area contributed by atoms with Gasteiger partial charge in [0.05, 0.1) is 30.8 Å². The standard InChI is InChI=1S/C14H17N5O2/c1-15-14(20)18-10-2-3-13-12(6-10)19(4-5-21-13)8-11-7-16-9-17-11/h2-3,6-7,9H,4-5,8H2,1H3,(H,16,17)(H2,15,18,20). The topological polar surface area (TPSA) is 82.3 Å². The fourth-order valence-electron chi connectivity index (χ4n) is 2.28. The predicted molar refractivity (Wildman–Crippen MR) is 79.7 cm³/mol. The number of anilines is 2. The van der Waals surface area contributed by atoms with Gasteiger partial charge in [-0.25, -0.2) is 9.78 Å². The molecule has 7 heteroatoms. The first-order valence-corrected chi connectivity index (χ1v) is 6.74. The predicted octanol–water partition coefficient (Wildman–Crippen LogP) is 1.56. The number of carbonyl (C=O) groups is 1. The van der Waals surface area contributed by atoms with Crippen molar-refractivity contribution < 1.29 is 9.53 Å². The molecular formula is C14H17N5O2. The molecule has 0 spiro atoms. The molecule has 0 unspecified atom stereocenters. The fraction of sp³-hybridized carbons (Fsp3) is 0.286. The molecule has 0 fully saturated rings. The summed E-state index contributed by atoms with van der Waals surface area (Å²) in [6.07, 6.45) is 3.54. The molecule has 1 aliphatic heterocycles. The summed E-state index contributed by atoms with van der Waals surface area (Å²) in [7, 11) is 1.58. The number of ether oxygens (including phenoxy) is 1. The van der Waals surface area contributed by atoms with E-state index in [4.69, 9.17) is 4.74 Å².